The Morgan fingerprint density at radius 1 is 0.722 bits per heavy atom. The molecule has 194 valence electrons. The molecule has 0 unspecified atom stereocenters. The van der Waals surface area contributed by atoms with E-state index in [1.54, 1.807) is 0 Å². The van der Waals surface area contributed by atoms with Crippen LogP contribution in [0.25, 0.3) is 0 Å². The highest BCUT2D eigenvalue weighted by Gasteiger charge is 2.50. The third kappa shape index (κ3) is 7.34. The fraction of sp³-hybridized carbons (Fsp3) is 0.462. The first kappa shape index (κ1) is 26.7. The molecule has 8 nitrogen and oxygen atoms in total. The molecule has 0 saturated carbocycles. The van der Waals surface area contributed by atoms with Crippen LogP contribution in [0.2, 0.25) is 0 Å². The topological polar surface area (TPSA) is 79.4 Å². The van der Waals surface area contributed by atoms with Crippen molar-refractivity contribution in [3.05, 3.63) is 60.7 Å². The fourth-order valence-electron chi connectivity index (χ4n) is 4.05. The van der Waals surface area contributed by atoms with E-state index in [1.807, 2.05) is 88.4 Å². The van der Waals surface area contributed by atoms with Gasteiger partial charge in [-0.05, 0) is 76.4 Å². The predicted octanol–water partition coefficient (Wildman–Crippen LogP) is 4.85. The summed E-state index contributed by atoms with van der Waals surface area (Å²) in [6.07, 6.45) is -2.47. The van der Waals surface area contributed by atoms with Crippen LogP contribution in [0.4, 0.5) is 11.4 Å². The normalized spacial score (nSPS) is 23.9. The minimum absolute atomic E-state index is 0.160. The van der Waals surface area contributed by atoms with Crippen LogP contribution in [0.15, 0.2) is 60.7 Å². The van der Waals surface area contributed by atoms with Crippen LogP contribution in [-0.4, -0.2) is 59.6 Å². The van der Waals surface area contributed by atoms with Gasteiger partial charge in [-0.1, -0.05) is 36.4 Å². The summed E-state index contributed by atoms with van der Waals surface area (Å²) >= 11 is 11.1. The summed E-state index contributed by atoms with van der Waals surface area (Å²) < 4.78 is 36.6. The molecule has 2 aromatic carbocycles. The summed E-state index contributed by atoms with van der Waals surface area (Å²) in [5, 5.41) is 6.54. The minimum Gasteiger partial charge on any atom is -0.461 e. The SMILES string of the molecule is CC1(C)OC[C@H]([C@@H](OC(=S)Nc2ccccc2)[C@H](OC(=S)Nc2ccccc2)[C@H]2COC(C)(C)O2)O1. The number of hydrogen-bond donors (Lipinski definition) is 2. The average molecular weight is 533 g/mol. The quantitative estimate of drug-likeness (QED) is 0.483. The number of para-hydroxylation sites is 2. The third-order valence-electron chi connectivity index (χ3n) is 5.64. The first-order valence-electron chi connectivity index (χ1n) is 11.8. The molecule has 2 aliphatic heterocycles. The van der Waals surface area contributed by atoms with Gasteiger partial charge in [-0.25, -0.2) is 0 Å². The van der Waals surface area contributed by atoms with Crippen molar-refractivity contribution >= 4 is 46.2 Å². The highest BCUT2D eigenvalue weighted by Crippen LogP contribution is 2.33. The molecule has 0 aromatic heterocycles. The van der Waals surface area contributed by atoms with E-state index >= 15 is 0 Å². The van der Waals surface area contributed by atoms with Gasteiger partial charge in [-0.2, -0.15) is 0 Å². The number of benzene rings is 2. The van der Waals surface area contributed by atoms with Crippen molar-refractivity contribution in [2.24, 2.45) is 0 Å². The standard InChI is InChI=1S/C26H32N2O6S2/c1-25(2)29-15-19(33-25)21(31-23(35)27-17-11-7-5-8-12-17)22(20-16-30-26(3,4)34-20)32-24(36)28-18-13-9-6-10-14-18/h5-14,19-22H,15-16H2,1-4H3,(H,27,35)(H,28,36)/t19-,20-,21-,22-/m1/s1. The van der Waals surface area contributed by atoms with E-state index in [-0.39, 0.29) is 23.6 Å². The van der Waals surface area contributed by atoms with Crippen LogP contribution in [0.1, 0.15) is 27.7 Å². The van der Waals surface area contributed by atoms with Crippen LogP contribution in [0.5, 0.6) is 0 Å². The van der Waals surface area contributed by atoms with Gasteiger partial charge in [0.1, 0.15) is 12.2 Å². The Bertz CT molecular complexity index is 954. The van der Waals surface area contributed by atoms with E-state index < -0.39 is 36.0 Å². The number of hydrogen-bond acceptors (Lipinski definition) is 8. The molecular weight excluding hydrogens is 500 g/mol. The van der Waals surface area contributed by atoms with Crippen LogP contribution in [-0.2, 0) is 28.4 Å². The second-order valence-electron chi connectivity index (χ2n) is 9.46. The molecule has 2 N–H and O–H groups in total. The molecule has 10 heteroatoms. The lowest BCUT2D eigenvalue weighted by Gasteiger charge is -2.34. The minimum atomic E-state index is -0.791. The summed E-state index contributed by atoms with van der Waals surface area (Å²) in [6.45, 7) is 7.95. The molecule has 4 atom stereocenters. The number of rotatable bonds is 7. The second kappa shape index (κ2) is 11.4. The van der Waals surface area contributed by atoms with Gasteiger partial charge in [0.05, 0.1) is 13.2 Å². The van der Waals surface area contributed by atoms with E-state index in [0.29, 0.717) is 0 Å². The number of nitrogens with one attached hydrogen (secondary N) is 2. The molecule has 2 heterocycles. The lowest BCUT2D eigenvalue weighted by Crippen LogP contribution is -2.52. The van der Waals surface area contributed by atoms with Gasteiger partial charge in [-0.15, -0.1) is 0 Å². The second-order valence-corrected chi connectivity index (χ2v) is 10.2. The van der Waals surface area contributed by atoms with Crippen LogP contribution in [0, 0.1) is 0 Å². The van der Waals surface area contributed by atoms with Crippen molar-refractivity contribution in [2.75, 3.05) is 23.8 Å². The number of ether oxygens (including phenoxy) is 6. The van der Waals surface area contributed by atoms with Gasteiger partial charge in [0.15, 0.2) is 23.8 Å². The highest BCUT2D eigenvalue weighted by molar-refractivity contribution is 7.80. The Morgan fingerprint density at radius 2 is 1.08 bits per heavy atom. The summed E-state index contributed by atoms with van der Waals surface area (Å²) in [5.74, 6) is -1.58. The maximum absolute atomic E-state index is 6.29. The zero-order valence-electron chi connectivity index (χ0n) is 20.8. The molecule has 2 fully saturated rings. The van der Waals surface area contributed by atoms with Gasteiger partial charge in [0, 0.05) is 11.4 Å². The van der Waals surface area contributed by atoms with Crippen LogP contribution in [0.3, 0.4) is 0 Å². The van der Waals surface area contributed by atoms with E-state index in [9.17, 15) is 0 Å². The van der Waals surface area contributed by atoms with Gasteiger partial charge in [-0.3, -0.25) is 0 Å². The molecule has 2 saturated heterocycles. The first-order valence-corrected chi connectivity index (χ1v) is 12.6. The maximum Gasteiger partial charge on any atom is 0.261 e. The average Bonchev–Trinajstić information content (AvgIpc) is 3.38. The zero-order valence-corrected chi connectivity index (χ0v) is 22.4. The smallest absolute Gasteiger partial charge is 0.261 e. The number of anilines is 2. The first-order chi connectivity index (χ1) is 17.1. The van der Waals surface area contributed by atoms with Crippen molar-refractivity contribution in [3.63, 3.8) is 0 Å². The van der Waals surface area contributed by atoms with Crippen molar-refractivity contribution in [1.82, 2.24) is 0 Å². The van der Waals surface area contributed by atoms with E-state index in [4.69, 9.17) is 52.9 Å². The molecule has 0 spiro atoms. The Balaban J connectivity index is 1.58. The lowest BCUT2D eigenvalue weighted by atomic mass is 10.0. The van der Waals surface area contributed by atoms with Crippen molar-refractivity contribution in [1.29, 1.82) is 0 Å². The molecule has 0 amide bonds. The van der Waals surface area contributed by atoms with Crippen LogP contribution >= 0.6 is 24.4 Å². The molecular formula is C26H32N2O6S2. The van der Waals surface area contributed by atoms with E-state index in [1.165, 1.54) is 0 Å². The summed E-state index contributed by atoms with van der Waals surface area (Å²) in [5.41, 5.74) is 1.59. The molecule has 4 rings (SSSR count). The number of thiocarbonyl (C=S) groups is 2. The molecule has 2 aromatic rings. The van der Waals surface area contributed by atoms with Crippen molar-refractivity contribution in [3.8, 4) is 0 Å². The van der Waals surface area contributed by atoms with Crippen molar-refractivity contribution in [2.45, 2.75) is 63.7 Å². The maximum atomic E-state index is 6.29. The third-order valence-corrected chi connectivity index (χ3v) is 6.04. The molecule has 0 aliphatic carbocycles. The largest absolute Gasteiger partial charge is 0.461 e. The van der Waals surface area contributed by atoms with Gasteiger partial charge >= 0.3 is 0 Å². The van der Waals surface area contributed by atoms with Crippen LogP contribution < -0.4 is 10.6 Å². The lowest BCUT2D eigenvalue weighted by molar-refractivity contribution is -0.178. The highest BCUT2D eigenvalue weighted by atomic mass is 32.1. The summed E-state index contributed by atoms with van der Waals surface area (Å²) in [7, 11) is 0. The monoisotopic (exact) mass is 532 g/mol. The Hall–Kier alpha value is -2.34. The zero-order chi connectivity index (χ0) is 25.8. The Kier molecular flexibility index (Phi) is 8.44. The Morgan fingerprint density at radius 3 is 1.39 bits per heavy atom. The summed E-state index contributed by atoms with van der Waals surface area (Å²) in [6, 6.07) is 19.1. The van der Waals surface area contributed by atoms with Crippen molar-refractivity contribution < 1.29 is 28.4 Å². The van der Waals surface area contributed by atoms with Gasteiger partial charge < -0.3 is 39.1 Å². The van der Waals surface area contributed by atoms with E-state index in [2.05, 4.69) is 10.6 Å². The Labute approximate surface area is 222 Å². The molecule has 0 radical (unpaired) electrons. The van der Waals surface area contributed by atoms with Gasteiger partial charge in [0.25, 0.3) is 10.3 Å². The molecule has 2 aliphatic rings. The van der Waals surface area contributed by atoms with E-state index in [0.717, 1.165) is 11.4 Å². The molecule has 36 heavy (non-hydrogen) atoms. The summed E-state index contributed by atoms with van der Waals surface area (Å²) in [4.78, 5) is 0. The van der Waals surface area contributed by atoms with Gasteiger partial charge in [0.2, 0.25) is 0 Å². The fourth-order valence-corrected chi connectivity index (χ4v) is 4.51. The molecule has 0 bridgehead atoms. The predicted molar refractivity (Wildman–Crippen MR) is 145 cm³/mol.